The predicted molar refractivity (Wildman–Crippen MR) is 78.5 cm³/mol. The van der Waals surface area contributed by atoms with E-state index in [1.54, 1.807) is 0 Å². The molecule has 19 heavy (non-hydrogen) atoms. The molecule has 0 aliphatic carbocycles. The minimum absolute atomic E-state index is 1.03. The van der Waals surface area contributed by atoms with Gasteiger partial charge in [-0.05, 0) is 17.5 Å². The molecule has 1 aliphatic heterocycles. The molecule has 0 saturated carbocycles. The Labute approximate surface area is 113 Å². The first kappa shape index (κ1) is 12.2. The average Bonchev–Trinajstić information content (AvgIpc) is 2.98. The van der Waals surface area contributed by atoms with Crippen LogP contribution in [0.25, 0.3) is 11.3 Å². The molecule has 2 aromatic rings. The predicted octanol–water partition coefficient (Wildman–Crippen LogP) is 2.05. The second-order valence-corrected chi connectivity index (χ2v) is 4.93. The summed E-state index contributed by atoms with van der Waals surface area (Å²) < 4.78 is 0. The molecular weight excluding hydrogens is 236 g/mol. The number of anilines is 1. The number of hydrogen-bond donors (Lipinski definition) is 2. The van der Waals surface area contributed by atoms with Gasteiger partial charge in [-0.2, -0.15) is 5.10 Å². The van der Waals surface area contributed by atoms with Gasteiger partial charge in [0, 0.05) is 32.2 Å². The lowest BCUT2D eigenvalue weighted by atomic mass is 10.1. The summed E-state index contributed by atoms with van der Waals surface area (Å²) in [5.41, 5.74) is 3.66. The van der Waals surface area contributed by atoms with Crippen molar-refractivity contribution in [3.63, 3.8) is 0 Å². The minimum atomic E-state index is 1.03. The second kappa shape index (κ2) is 5.45. The highest BCUT2D eigenvalue weighted by molar-refractivity contribution is 5.63. The van der Waals surface area contributed by atoms with Crippen LogP contribution in [0.3, 0.4) is 0 Å². The largest absolute Gasteiger partial charge is 0.353 e. The summed E-state index contributed by atoms with van der Waals surface area (Å²) in [5.74, 6) is 1.05. The Hall–Kier alpha value is -1.81. The van der Waals surface area contributed by atoms with E-state index >= 15 is 0 Å². The maximum Gasteiger partial charge on any atom is 0.151 e. The Balaban J connectivity index is 1.79. The van der Waals surface area contributed by atoms with Gasteiger partial charge in [0.15, 0.2) is 5.82 Å². The summed E-state index contributed by atoms with van der Waals surface area (Å²) in [7, 11) is 0. The molecule has 0 spiro atoms. The zero-order valence-corrected chi connectivity index (χ0v) is 11.3. The average molecular weight is 256 g/mol. The maximum absolute atomic E-state index is 4.43. The van der Waals surface area contributed by atoms with Crippen LogP contribution in [0.4, 0.5) is 5.82 Å². The van der Waals surface area contributed by atoms with E-state index in [9.17, 15) is 0 Å². The molecule has 0 bridgehead atoms. The van der Waals surface area contributed by atoms with Gasteiger partial charge in [-0.1, -0.05) is 31.2 Å². The molecule has 1 saturated heterocycles. The Kier molecular flexibility index (Phi) is 3.51. The number of hydrogen-bond acceptors (Lipinski definition) is 3. The van der Waals surface area contributed by atoms with Gasteiger partial charge in [-0.3, -0.25) is 5.10 Å². The third-order valence-electron chi connectivity index (χ3n) is 3.68. The van der Waals surface area contributed by atoms with Gasteiger partial charge in [-0.15, -0.1) is 0 Å². The SMILES string of the molecule is CCc1ccc(-c2cc(N3CCNCC3)n[nH]2)cc1. The van der Waals surface area contributed by atoms with E-state index in [4.69, 9.17) is 0 Å². The molecule has 2 N–H and O–H groups in total. The lowest BCUT2D eigenvalue weighted by molar-refractivity contribution is 0.584. The highest BCUT2D eigenvalue weighted by Gasteiger charge is 2.13. The van der Waals surface area contributed by atoms with Crippen LogP contribution in [0.15, 0.2) is 30.3 Å². The summed E-state index contributed by atoms with van der Waals surface area (Å²) in [6, 6.07) is 10.8. The summed E-state index contributed by atoms with van der Waals surface area (Å²) >= 11 is 0. The lowest BCUT2D eigenvalue weighted by Crippen LogP contribution is -2.43. The molecule has 1 aromatic carbocycles. The van der Waals surface area contributed by atoms with Crippen molar-refractivity contribution in [1.82, 2.24) is 15.5 Å². The summed E-state index contributed by atoms with van der Waals surface area (Å²) in [6.45, 7) is 6.30. The van der Waals surface area contributed by atoms with Gasteiger partial charge in [0.1, 0.15) is 0 Å². The molecular formula is C15H20N4. The molecule has 0 radical (unpaired) electrons. The standard InChI is InChI=1S/C15H20N4/c1-2-12-3-5-13(6-4-12)14-11-15(18-17-14)19-9-7-16-8-10-19/h3-6,11,16H,2,7-10H2,1H3,(H,17,18). The first-order valence-electron chi connectivity index (χ1n) is 6.97. The molecule has 0 unspecified atom stereocenters. The van der Waals surface area contributed by atoms with Gasteiger partial charge in [-0.25, -0.2) is 0 Å². The van der Waals surface area contributed by atoms with Crippen molar-refractivity contribution < 1.29 is 0 Å². The Morgan fingerprint density at radius 1 is 1.16 bits per heavy atom. The van der Waals surface area contributed by atoms with Gasteiger partial charge >= 0.3 is 0 Å². The molecule has 1 aromatic heterocycles. The van der Waals surface area contributed by atoms with E-state index in [-0.39, 0.29) is 0 Å². The van der Waals surface area contributed by atoms with E-state index in [0.717, 1.165) is 44.1 Å². The zero-order chi connectivity index (χ0) is 13.1. The third kappa shape index (κ3) is 2.63. The van der Waals surface area contributed by atoms with Crippen molar-refractivity contribution >= 4 is 5.82 Å². The van der Waals surface area contributed by atoms with Gasteiger partial charge in [0.2, 0.25) is 0 Å². The van der Waals surface area contributed by atoms with Crippen LogP contribution >= 0.6 is 0 Å². The fourth-order valence-corrected chi connectivity index (χ4v) is 2.43. The van der Waals surface area contributed by atoms with E-state index in [2.05, 4.69) is 57.7 Å². The highest BCUT2D eigenvalue weighted by atomic mass is 15.3. The normalized spacial score (nSPS) is 15.7. The molecule has 100 valence electrons. The van der Waals surface area contributed by atoms with E-state index in [1.165, 1.54) is 11.1 Å². The molecule has 0 atom stereocenters. The summed E-state index contributed by atoms with van der Waals surface area (Å²) in [6.07, 6.45) is 1.08. The van der Waals surface area contributed by atoms with Crippen molar-refractivity contribution in [3.05, 3.63) is 35.9 Å². The molecule has 0 amide bonds. The smallest absolute Gasteiger partial charge is 0.151 e. The van der Waals surface area contributed by atoms with Crippen LogP contribution in [-0.2, 0) is 6.42 Å². The number of benzene rings is 1. The number of aryl methyl sites for hydroxylation is 1. The lowest BCUT2D eigenvalue weighted by Gasteiger charge is -2.26. The molecule has 4 heteroatoms. The van der Waals surface area contributed by atoms with Crippen LogP contribution in [0.1, 0.15) is 12.5 Å². The Bertz CT molecular complexity index is 523. The fraction of sp³-hybridized carbons (Fsp3) is 0.400. The number of nitrogens with zero attached hydrogens (tertiary/aromatic N) is 2. The van der Waals surface area contributed by atoms with Crippen LogP contribution < -0.4 is 10.2 Å². The number of H-pyrrole nitrogens is 1. The van der Waals surface area contributed by atoms with Crippen LogP contribution in [0.5, 0.6) is 0 Å². The van der Waals surface area contributed by atoms with Crippen molar-refractivity contribution in [2.45, 2.75) is 13.3 Å². The quantitative estimate of drug-likeness (QED) is 0.883. The van der Waals surface area contributed by atoms with Gasteiger partial charge in [0.25, 0.3) is 0 Å². The van der Waals surface area contributed by atoms with E-state index < -0.39 is 0 Å². The number of aromatic nitrogens is 2. The third-order valence-corrected chi connectivity index (χ3v) is 3.68. The van der Waals surface area contributed by atoms with Crippen LogP contribution in [0, 0.1) is 0 Å². The number of rotatable bonds is 3. The monoisotopic (exact) mass is 256 g/mol. The van der Waals surface area contributed by atoms with Crippen LogP contribution in [-0.4, -0.2) is 36.4 Å². The number of piperazine rings is 1. The number of aromatic amines is 1. The highest BCUT2D eigenvalue weighted by Crippen LogP contribution is 2.22. The van der Waals surface area contributed by atoms with Gasteiger partial charge < -0.3 is 10.2 Å². The van der Waals surface area contributed by atoms with Crippen molar-refractivity contribution in [1.29, 1.82) is 0 Å². The van der Waals surface area contributed by atoms with Crippen LogP contribution in [0.2, 0.25) is 0 Å². The first-order valence-corrected chi connectivity index (χ1v) is 6.97. The fourth-order valence-electron chi connectivity index (χ4n) is 2.43. The minimum Gasteiger partial charge on any atom is -0.353 e. The molecule has 3 rings (SSSR count). The second-order valence-electron chi connectivity index (χ2n) is 4.93. The Morgan fingerprint density at radius 3 is 2.58 bits per heavy atom. The molecule has 4 nitrogen and oxygen atoms in total. The van der Waals surface area contributed by atoms with E-state index in [1.807, 2.05) is 0 Å². The van der Waals surface area contributed by atoms with E-state index in [0.29, 0.717) is 0 Å². The molecule has 1 aliphatic rings. The zero-order valence-electron chi connectivity index (χ0n) is 11.3. The topological polar surface area (TPSA) is 44.0 Å². The number of nitrogens with one attached hydrogen (secondary N) is 2. The van der Waals surface area contributed by atoms with Crippen molar-refractivity contribution in [3.8, 4) is 11.3 Å². The Morgan fingerprint density at radius 2 is 1.89 bits per heavy atom. The van der Waals surface area contributed by atoms with Crippen molar-refractivity contribution in [2.75, 3.05) is 31.1 Å². The van der Waals surface area contributed by atoms with Gasteiger partial charge in [0.05, 0.1) is 5.69 Å². The molecule has 1 fully saturated rings. The van der Waals surface area contributed by atoms with Crippen molar-refractivity contribution in [2.24, 2.45) is 0 Å². The summed E-state index contributed by atoms with van der Waals surface area (Å²) in [5, 5.41) is 10.9. The molecule has 2 heterocycles. The summed E-state index contributed by atoms with van der Waals surface area (Å²) in [4.78, 5) is 2.32. The maximum atomic E-state index is 4.43. The first-order chi connectivity index (χ1) is 9.36.